The molecule has 0 bridgehead atoms. The average Bonchev–Trinajstić information content (AvgIpc) is 3.21. The van der Waals surface area contributed by atoms with Gasteiger partial charge >= 0.3 is 6.01 Å². The molecule has 4 rings (SSSR count). The summed E-state index contributed by atoms with van der Waals surface area (Å²) in [5.74, 6) is 0.481. The molecule has 1 aliphatic carbocycles. The third kappa shape index (κ3) is 3.49. The molecule has 2 aliphatic rings. The molecule has 7 heteroatoms. The van der Waals surface area contributed by atoms with Crippen molar-refractivity contribution >= 4 is 23.5 Å². The molecule has 1 saturated carbocycles. The first-order valence-electron chi connectivity index (χ1n) is 8.69. The summed E-state index contributed by atoms with van der Waals surface area (Å²) in [6.45, 7) is 3.53. The van der Waals surface area contributed by atoms with Gasteiger partial charge in [0.15, 0.2) is 0 Å². The fourth-order valence-corrected chi connectivity index (χ4v) is 3.52. The van der Waals surface area contributed by atoms with Crippen molar-refractivity contribution in [2.75, 3.05) is 18.4 Å². The number of halogens is 1. The van der Waals surface area contributed by atoms with Crippen molar-refractivity contribution in [1.82, 2.24) is 15.1 Å². The maximum absolute atomic E-state index is 12.6. The van der Waals surface area contributed by atoms with Crippen LogP contribution in [0, 0.1) is 5.41 Å². The molecule has 1 N–H and O–H groups in total. The topological polar surface area (TPSA) is 71.3 Å². The van der Waals surface area contributed by atoms with E-state index in [0.717, 1.165) is 31.5 Å². The van der Waals surface area contributed by atoms with Gasteiger partial charge in [-0.1, -0.05) is 16.7 Å². The quantitative estimate of drug-likeness (QED) is 0.902. The number of hydrogen-bond donors (Lipinski definition) is 1. The molecule has 6 nitrogen and oxygen atoms in total. The molecule has 1 spiro atoms. The summed E-state index contributed by atoms with van der Waals surface area (Å²) < 4.78 is 5.61. The van der Waals surface area contributed by atoms with Gasteiger partial charge in [0.05, 0.1) is 0 Å². The maximum atomic E-state index is 12.6. The van der Waals surface area contributed by atoms with E-state index in [-0.39, 0.29) is 11.9 Å². The first kappa shape index (κ1) is 16.4. The molecule has 2 heterocycles. The summed E-state index contributed by atoms with van der Waals surface area (Å²) >= 11 is 5.88. The van der Waals surface area contributed by atoms with Crippen LogP contribution in [-0.4, -0.2) is 40.1 Å². The summed E-state index contributed by atoms with van der Waals surface area (Å²) in [7, 11) is 0. The number of amides is 1. The van der Waals surface area contributed by atoms with E-state index < -0.39 is 6.04 Å². The van der Waals surface area contributed by atoms with E-state index in [1.165, 1.54) is 12.8 Å². The highest BCUT2D eigenvalue weighted by Gasteiger charge is 2.45. The van der Waals surface area contributed by atoms with E-state index in [1.54, 1.807) is 12.1 Å². The van der Waals surface area contributed by atoms with Crippen molar-refractivity contribution in [2.24, 2.45) is 5.41 Å². The number of nitrogens with zero attached hydrogens (tertiary/aromatic N) is 3. The van der Waals surface area contributed by atoms with Crippen molar-refractivity contribution in [1.29, 1.82) is 0 Å². The minimum Gasteiger partial charge on any atom is -0.403 e. The van der Waals surface area contributed by atoms with Gasteiger partial charge in [-0.25, -0.2) is 0 Å². The third-order valence-corrected chi connectivity index (χ3v) is 5.57. The molecule has 0 unspecified atom stereocenters. The Kier molecular flexibility index (Phi) is 4.15. The highest BCUT2D eigenvalue weighted by molar-refractivity contribution is 6.30. The van der Waals surface area contributed by atoms with Gasteiger partial charge in [0.1, 0.15) is 6.04 Å². The van der Waals surface area contributed by atoms with E-state index in [1.807, 2.05) is 24.0 Å². The fourth-order valence-electron chi connectivity index (χ4n) is 3.39. The van der Waals surface area contributed by atoms with Gasteiger partial charge in [-0.15, -0.1) is 5.10 Å². The Morgan fingerprint density at radius 2 is 1.88 bits per heavy atom. The summed E-state index contributed by atoms with van der Waals surface area (Å²) in [5.41, 5.74) is 1.35. The monoisotopic (exact) mass is 360 g/mol. The highest BCUT2D eigenvalue weighted by Crippen LogP contribution is 2.53. The Balaban J connectivity index is 1.36. The molecule has 25 heavy (non-hydrogen) atoms. The lowest BCUT2D eigenvalue weighted by molar-refractivity contribution is -0.133. The zero-order valence-corrected chi connectivity index (χ0v) is 14.9. The summed E-state index contributed by atoms with van der Waals surface area (Å²) in [5, 5.41) is 11.7. The number of likely N-dealkylation sites (tertiary alicyclic amines) is 1. The Hall–Kier alpha value is -2.08. The van der Waals surface area contributed by atoms with E-state index in [4.69, 9.17) is 16.0 Å². The van der Waals surface area contributed by atoms with Crippen LogP contribution in [0.2, 0.25) is 5.02 Å². The second kappa shape index (κ2) is 6.33. The minimum atomic E-state index is -0.397. The van der Waals surface area contributed by atoms with Crippen LogP contribution in [0.15, 0.2) is 28.7 Å². The lowest BCUT2D eigenvalue weighted by Crippen LogP contribution is -2.45. The van der Waals surface area contributed by atoms with Crippen molar-refractivity contribution in [3.8, 4) is 11.5 Å². The summed E-state index contributed by atoms with van der Waals surface area (Å²) in [4.78, 5) is 14.5. The van der Waals surface area contributed by atoms with Crippen molar-refractivity contribution < 1.29 is 9.21 Å². The Labute approximate surface area is 151 Å². The largest absolute Gasteiger partial charge is 0.403 e. The lowest BCUT2D eigenvalue weighted by Gasteiger charge is -2.33. The maximum Gasteiger partial charge on any atom is 0.316 e. The van der Waals surface area contributed by atoms with Gasteiger partial charge in [-0.2, -0.15) is 0 Å². The van der Waals surface area contributed by atoms with Crippen LogP contribution in [-0.2, 0) is 4.79 Å². The van der Waals surface area contributed by atoms with Crippen LogP contribution in [0.25, 0.3) is 11.5 Å². The van der Waals surface area contributed by atoms with Crippen LogP contribution < -0.4 is 5.32 Å². The third-order valence-electron chi connectivity index (χ3n) is 5.32. The normalized spacial score (nSPS) is 19.7. The molecular formula is C18H21ClN4O2. The van der Waals surface area contributed by atoms with Crippen LogP contribution in [0.1, 0.15) is 32.6 Å². The zero-order valence-electron chi connectivity index (χ0n) is 14.2. The number of piperidine rings is 1. The number of hydrogen-bond acceptors (Lipinski definition) is 5. The number of anilines is 1. The Morgan fingerprint density at radius 1 is 1.20 bits per heavy atom. The van der Waals surface area contributed by atoms with Crippen molar-refractivity contribution in [3.05, 3.63) is 29.3 Å². The highest BCUT2D eigenvalue weighted by atomic mass is 35.5. The molecule has 1 amide bonds. The molecule has 1 atom stereocenters. The fraction of sp³-hybridized carbons (Fsp3) is 0.500. The van der Waals surface area contributed by atoms with Crippen LogP contribution >= 0.6 is 11.6 Å². The Morgan fingerprint density at radius 3 is 2.52 bits per heavy atom. The van der Waals surface area contributed by atoms with Crippen molar-refractivity contribution in [2.45, 2.75) is 38.6 Å². The number of rotatable bonds is 4. The number of aromatic nitrogens is 2. The smallest absolute Gasteiger partial charge is 0.316 e. The second-order valence-electron chi connectivity index (χ2n) is 7.11. The van der Waals surface area contributed by atoms with Gasteiger partial charge in [-0.05, 0) is 62.3 Å². The molecule has 1 aromatic heterocycles. The molecule has 1 aliphatic heterocycles. The van der Waals surface area contributed by atoms with Crippen LogP contribution in [0.4, 0.5) is 6.01 Å². The SMILES string of the molecule is C[C@@H](Nc1nnc(-c2ccc(Cl)cc2)o1)C(=O)N1CCC2(CC1)CC2. The molecular weight excluding hydrogens is 340 g/mol. The van der Waals surface area contributed by atoms with E-state index in [0.29, 0.717) is 16.3 Å². The molecule has 132 valence electrons. The van der Waals surface area contributed by atoms with E-state index in [9.17, 15) is 4.79 Å². The predicted molar refractivity (Wildman–Crippen MR) is 95.3 cm³/mol. The van der Waals surface area contributed by atoms with Gasteiger partial charge in [0, 0.05) is 23.7 Å². The van der Waals surface area contributed by atoms with E-state index in [2.05, 4.69) is 15.5 Å². The van der Waals surface area contributed by atoms with Gasteiger partial charge in [0.2, 0.25) is 11.8 Å². The second-order valence-corrected chi connectivity index (χ2v) is 7.55. The van der Waals surface area contributed by atoms with Crippen LogP contribution in [0.3, 0.4) is 0 Å². The first-order valence-corrected chi connectivity index (χ1v) is 9.07. The van der Waals surface area contributed by atoms with Gasteiger partial charge < -0.3 is 14.6 Å². The minimum absolute atomic E-state index is 0.0849. The number of carbonyl (C=O) groups excluding carboxylic acids is 1. The number of nitrogens with one attached hydrogen (secondary N) is 1. The average molecular weight is 361 g/mol. The van der Waals surface area contributed by atoms with E-state index >= 15 is 0 Å². The lowest BCUT2D eigenvalue weighted by atomic mass is 9.93. The van der Waals surface area contributed by atoms with Crippen LogP contribution in [0.5, 0.6) is 0 Å². The standard InChI is InChI=1S/C18H21ClN4O2/c1-12(16(24)23-10-8-18(6-7-18)9-11-23)20-17-22-21-15(25-17)13-2-4-14(19)5-3-13/h2-5,12H,6-11H2,1H3,(H,20,22)/t12-/m1/s1. The number of benzene rings is 1. The summed E-state index contributed by atoms with van der Waals surface area (Å²) in [6.07, 6.45) is 4.93. The summed E-state index contributed by atoms with van der Waals surface area (Å²) in [6, 6.07) is 7.02. The molecule has 1 aromatic carbocycles. The van der Waals surface area contributed by atoms with Gasteiger partial charge in [0.25, 0.3) is 0 Å². The number of carbonyl (C=O) groups is 1. The van der Waals surface area contributed by atoms with Crippen molar-refractivity contribution in [3.63, 3.8) is 0 Å². The zero-order chi connectivity index (χ0) is 17.4. The molecule has 2 aromatic rings. The predicted octanol–water partition coefficient (Wildman–Crippen LogP) is 3.59. The molecule has 2 fully saturated rings. The van der Waals surface area contributed by atoms with Gasteiger partial charge in [-0.3, -0.25) is 4.79 Å². The molecule has 1 saturated heterocycles. The first-order chi connectivity index (χ1) is 12.0. The molecule has 0 radical (unpaired) electrons. The Bertz CT molecular complexity index is 760.